The maximum Gasteiger partial charge on any atom is 0.315 e. The average Bonchev–Trinajstić information content (AvgIpc) is 3.03. The van der Waals surface area contributed by atoms with Crippen molar-refractivity contribution in [1.29, 1.82) is 0 Å². The fourth-order valence-electron chi connectivity index (χ4n) is 3.34. The van der Waals surface area contributed by atoms with Crippen LogP contribution in [-0.4, -0.2) is 44.6 Å². The van der Waals surface area contributed by atoms with Gasteiger partial charge < -0.3 is 20.3 Å². The molecule has 1 heterocycles. The molecule has 1 saturated carbocycles. The Kier molecular flexibility index (Phi) is 6.38. The first-order valence-electron chi connectivity index (χ1n) is 8.62. The molecule has 23 heavy (non-hydrogen) atoms. The average molecular weight is 323 g/mol. The highest BCUT2D eigenvalue weighted by molar-refractivity contribution is 5.74. The maximum absolute atomic E-state index is 12.2. The zero-order valence-corrected chi connectivity index (χ0v) is 14.2. The molecule has 0 aliphatic heterocycles. The van der Waals surface area contributed by atoms with Gasteiger partial charge in [0.1, 0.15) is 12.2 Å². The number of rotatable bonds is 7. The number of amides is 2. The number of nitrogens with zero attached hydrogens (tertiary/aromatic N) is 3. The van der Waals surface area contributed by atoms with Crippen molar-refractivity contribution in [3.8, 4) is 0 Å². The molecule has 0 aromatic carbocycles. The van der Waals surface area contributed by atoms with Gasteiger partial charge in [-0.25, -0.2) is 4.79 Å². The van der Waals surface area contributed by atoms with Crippen LogP contribution in [0.2, 0.25) is 0 Å². The Hall–Kier alpha value is -1.63. The molecule has 130 valence electrons. The van der Waals surface area contributed by atoms with Gasteiger partial charge in [-0.1, -0.05) is 26.2 Å². The standard InChI is InChI=1S/C16H29N5O2/c1-3-14-20-18-12-21(14)10-9-17-15(23)19-16(2,11-22)13-7-5-4-6-8-13/h12-13,22H,3-11H2,1-2H3,(H2,17,19,23)/t16-/m0/s1. The summed E-state index contributed by atoms with van der Waals surface area (Å²) in [4.78, 5) is 12.2. The molecule has 7 nitrogen and oxygen atoms in total. The molecule has 2 amide bonds. The first-order valence-corrected chi connectivity index (χ1v) is 8.62. The van der Waals surface area contributed by atoms with Crippen molar-refractivity contribution in [2.45, 2.75) is 64.5 Å². The number of carbonyl (C=O) groups excluding carboxylic acids is 1. The summed E-state index contributed by atoms with van der Waals surface area (Å²) < 4.78 is 1.94. The Morgan fingerprint density at radius 2 is 2.17 bits per heavy atom. The lowest BCUT2D eigenvalue weighted by Crippen LogP contribution is -2.57. The van der Waals surface area contributed by atoms with Gasteiger partial charge in [-0.15, -0.1) is 10.2 Å². The number of urea groups is 1. The third-order valence-corrected chi connectivity index (χ3v) is 4.88. The molecule has 0 unspecified atom stereocenters. The van der Waals surface area contributed by atoms with E-state index in [1.807, 2.05) is 18.4 Å². The molecule has 2 rings (SSSR count). The summed E-state index contributed by atoms with van der Waals surface area (Å²) in [6, 6.07) is -0.224. The summed E-state index contributed by atoms with van der Waals surface area (Å²) in [6.07, 6.45) is 8.24. The molecule has 1 aliphatic carbocycles. The van der Waals surface area contributed by atoms with Crippen molar-refractivity contribution in [3.05, 3.63) is 12.2 Å². The third kappa shape index (κ3) is 4.67. The van der Waals surface area contributed by atoms with Crippen molar-refractivity contribution < 1.29 is 9.90 Å². The van der Waals surface area contributed by atoms with Crippen LogP contribution in [0.1, 0.15) is 51.8 Å². The highest BCUT2D eigenvalue weighted by Gasteiger charge is 2.35. The lowest BCUT2D eigenvalue weighted by atomic mass is 9.76. The molecular formula is C16H29N5O2. The second kappa shape index (κ2) is 8.29. The van der Waals surface area contributed by atoms with Crippen molar-refractivity contribution in [1.82, 2.24) is 25.4 Å². The fourth-order valence-corrected chi connectivity index (χ4v) is 3.34. The summed E-state index contributed by atoms with van der Waals surface area (Å²) in [5.74, 6) is 1.26. The van der Waals surface area contributed by atoms with E-state index in [0.717, 1.165) is 25.1 Å². The number of aryl methyl sites for hydroxylation is 1. The lowest BCUT2D eigenvalue weighted by molar-refractivity contribution is 0.101. The first kappa shape index (κ1) is 17.7. The van der Waals surface area contributed by atoms with Crippen LogP contribution in [0, 0.1) is 5.92 Å². The minimum atomic E-state index is -0.546. The van der Waals surface area contributed by atoms with E-state index in [1.165, 1.54) is 19.3 Å². The van der Waals surface area contributed by atoms with Crippen molar-refractivity contribution in [3.63, 3.8) is 0 Å². The van der Waals surface area contributed by atoms with Gasteiger partial charge in [0.2, 0.25) is 0 Å². The van der Waals surface area contributed by atoms with Gasteiger partial charge in [-0.2, -0.15) is 0 Å². The molecule has 0 radical (unpaired) electrons. The molecule has 1 aromatic heterocycles. The monoisotopic (exact) mass is 323 g/mol. The summed E-state index contributed by atoms with van der Waals surface area (Å²) in [6.45, 7) is 5.08. The molecule has 3 N–H and O–H groups in total. The Morgan fingerprint density at radius 1 is 1.43 bits per heavy atom. The number of nitrogens with one attached hydrogen (secondary N) is 2. The van der Waals surface area contributed by atoms with Gasteiger partial charge in [0.15, 0.2) is 0 Å². The Balaban J connectivity index is 1.80. The highest BCUT2D eigenvalue weighted by atomic mass is 16.3. The van der Waals surface area contributed by atoms with E-state index in [4.69, 9.17) is 0 Å². The molecule has 0 saturated heterocycles. The summed E-state index contributed by atoms with van der Waals surface area (Å²) in [5.41, 5.74) is -0.546. The second-order valence-electron chi connectivity index (χ2n) is 6.59. The van der Waals surface area contributed by atoms with E-state index in [9.17, 15) is 9.90 Å². The van der Waals surface area contributed by atoms with Gasteiger partial charge in [-0.3, -0.25) is 0 Å². The van der Waals surface area contributed by atoms with Gasteiger partial charge in [0, 0.05) is 19.5 Å². The van der Waals surface area contributed by atoms with E-state index in [2.05, 4.69) is 20.8 Å². The number of aliphatic hydroxyl groups is 1. The number of carbonyl (C=O) groups is 1. The van der Waals surface area contributed by atoms with E-state index >= 15 is 0 Å². The van der Waals surface area contributed by atoms with E-state index in [1.54, 1.807) is 6.33 Å². The first-order chi connectivity index (χ1) is 11.1. The number of hydrogen-bond acceptors (Lipinski definition) is 4. The fraction of sp³-hybridized carbons (Fsp3) is 0.812. The van der Waals surface area contributed by atoms with Gasteiger partial charge >= 0.3 is 6.03 Å². The quantitative estimate of drug-likeness (QED) is 0.708. The number of aromatic nitrogens is 3. The van der Waals surface area contributed by atoms with Gasteiger partial charge in [0.25, 0.3) is 0 Å². The topological polar surface area (TPSA) is 92.1 Å². The Bertz CT molecular complexity index is 498. The zero-order valence-electron chi connectivity index (χ0n) is 14.2. The van der Waals surface area contributed by atoms with Crippen molar-refractivity contribution in [2.75, 3.05) is 13.2 Å². The number of hydrogen-bond donors (Lipinski definition) is 3. The van der Waals surface area contributed by atoms with Crippen LogP contribution >= 0.6 is 0 Å². The predicted octanol–water partition coefficient (Wildman–Crippen LogP) is 1.47. The van der Waals surface area contributed by atoms with E-state index in [-0.39, 0.29) is 12.6 Å². The van der Waals surface area contributed by atoms with Crippen molar-refractivity contribution in [2.24, 2.45) is 5.92 Å². The SMILES string of the molecule is CCc1nncn1CCNC(=O)N[C@@](C)(CO)C1CCCCC1. The number of aliphatic hydroxyl groups excluding tert-OH is 1. The smallest absolute Gasteiger partial charge is 0.315 e. The second-order valence-corrected chi connectivity index (χ2v) is 6.59. The molecule has 0 bridgehead atoms. The van der Waals surface area contributed by atoms with E-state index < -0.39 is 5.54 Å². The van der Waals surface area contributed by atoms with Crippen LogP contribution in [0.15, 0.2) is 6.33 Å². The van der Waals surface area contributed by atoms with Crippen LogP contribution in [0.3, 0.4) is 0 Å². The molecule has 1 fully saturated rings. The van der Waals surface area contributed by atoms with E-state index in [0.29, 0.717) is 19.0 Å². The minimum absolute atomic E-state index is 0.0312. The lowest BCUT2D eigenvalue weighted by Gasteiger charge is -2.39. The molecule has 1 aromatic rings. The summed E-state index contributed by atoms with van der Waals surface area (Å²) >= 11 is 0. The third-order valence-electron chi connectivity index (χ3n) is 4.88. The minimum Gasteiger partial charge on any atom is -0.394 e. The van der Waals surface area contributed by atoms with Gasteiger partial charge in [-0.05, 0) is 25.7 Å². The predicted molar refractivity (Wildman–Crippen MR) is 88.0 cm³/mol. The molecule has 1 atom stereocenters. The Morgan fingerprint density at radius 3 is 2.83 bits per heavy atom. The molecule has 1 aliphatic rings. The van der Waals surface area contributed by atoms with Gasteiger partial charge in [0.05, 0.1) is 12.1 Å². The summed E-state index contributed by atoms with van der Waals surface area (Å²) in [7, 11) is 0. The summed E-state index contributed by atoms with van der Waals surface area (Å²) in [5, 5.41) is 23.5. The highest BCUT2D eigenvalue weighted by Crippen LogP contribution is 2.32. The van der Waals surface area contributed by atoms with Crippen LogP contribution in [0.4, 0.5) is 4.79 Å². The zero-order chi connectivity index (χ0) is 16.7. The molecular weight excluding hydrogens is 294 g/mol. The largest absolute Gasteiger partial charge is 0.394 e. The van der Waals surface area contributed by atoms with Crippen LogP contribution in [-0.2, 0) is 13.0 Å². The van der Waals surface area contributed by atoms with Crippen molar-refractivity contribution >= 4 is 6.03 Å². The molecule has 0 spiro atoms. The molecule has 7 heteroatoms. The maximum atomic E-state index is 12.2. The van der Waals surface area contributed by atoms with Crippen LogP contribution in [0.25, 0.3) is 0 Å². The normalized spacial score (nSPS) is 18.4. The Labute approximate surface area is 137 Å². The van der Waals surface area contributed by atoms with Crippen LogP contribution in [0.5, 0.6) is 0 Å². The van der Waals surface area contributed by atoms with Crippen LogP contribution < -0.4 is 10.6 Å².